The Morgan fingerprint density at radius 3 is 3.06 bits per heavy atom. The number of aromatic nitrogens is 4. The molecule has 2 rings (SSSR count). The van der Waals surface area contributed by atoms with E-state index >= 15 is 0 Å². The molecule has 0 bridgehead atoms. The van der Waals surface area contributed by atoms with E-state index in [1.807, 2.05) is 0 Å². The van der Waals surface area contributed by atoms with Gasteiger partial charge in [0.25, 0.3) is 0 Å². The van der Waals surface area contributed by atoms with Gasteiger partial charge in [-0.1, -0.05) is 23.4 Å². The van der Waals surface area contributed by atoms with E-state index < -0.39 is 5.97 Å². The van der Waals surface area contributed by atoms with Gasteiger partial charge in [-0.05, 0) is 6.07 Å². The summed E-state index contributed by atoms with van der Waals surface area (Å²) in [5, 5.41) is 13.8. The van der Waals surface area contributed by atoms with Gasteiger partial charge in [0.2, 0.25) is 0 Å². The van der Waals surface area contributed by atoms with Gasteiger partial charge in [0, 0.05) is 25.0 Å². The Hall–Kier alpha value is -1.60. The summed E-state index contributed by atoms with van der Waals surface area (Å²) in [6.45, 7) is 0. The number of aliphatic carboxylic acids is 1. The number of thioether (sulfide) groups is 1. The molecule has 0 unspecified atom stereocenters. The van der Waals surface area contributed by atoms with E-state index in [-0.39, 0.29) is 5.75 Å². The third-order valence-electron chi connectivity index (χ3n) is 2.06. The van der Waals surface area contributed by atoms with Crippen LogP contribution < -0.4 is 0 Å². The van der Waals surface area contributed by atoms with Crippen LogP contribution in [0.15, 0.2) is 23.6 Å². The third-order valence-corrected chi connectivity index (χ3v) is 3.37. The lowest BCUT2D eigenvalue weighted by atomic mass is 10.2. The number of carboxylic acids is 1. The van der Waals surface area contributed by atoms with Crippen molar-refractivity contribution in [1.29, 1.82) is 0 Å². The van der Waals surface area contributed by atoms with Gasteiger partial charge in [0.05, 0.1) is 10.8 Å². The molecule has 0 fully saturated rings. The van der Waals surface area contributed by atoms with Crippen LogP contribution in [-0.4, -0.2) is 36.6 Å². The van der Waals surface area contributed by atoms with Crippen LogP contribution in [0.5, 0.6) is 0 Å². The number of aryl methyl sites for hydroxylation is 1. The molecule has 8 heteroatoms. The predicted molar refractivity (Wildman–Crippen MR) is 67.6 cm³/mol. The Balaban J connectivity index is 2.29. The molecule has 0 saturated heterocycles. The minimum atomic E-state index is -0.897. The van der Waals surface area contributed by atoms with Crippen molar-refractivity contribution in [2.75, 3.05) is 5.75 Å². The van der Waals surface area contributed by atoms with Gasteiger partial charge in [-0.15, -0.1) is 0 Å². The smallest absolute Gasteiger partial charge is 0.313 e. The highest BCUT2D eigenvalue weighted by atomic mass is 35.5. The van der Waals surface area contributed by atoms with Crippen LogP contribution in [0.25, 0.3) is 11.4 Å². The van der Waals surface area contributed by atoms with Gasteiger partial charge in [-0.2, -0.15) is 5.10 Å². The van der Waals surface area contributed by atoms with E-state index in [1.54, 1.807) is 19.3 Å². The highest BCUT2D eigenvalue weighted by Gasteiger charge is 2.13. The van der Waals surface area contributed by atoms with E-state index in [0.29, 0.717) is 21.6 Å². The molecule has 0 aromatic carbocycles. The third kappa shape index (κ3) is 2.80. The van der Waals surface area contributed by atoms with Crippen LogP contribution in [0.3, 0.4) is 0 Å². The van der Waals surface area contributed by atoms with Crippen molar-refractivity contribution in [2.45, 2.75) is 5.16 Å². The molecule has 0 amide bonds. The molecule has 0 spiro atoms. The molecule has 1 N–H and O–H groups in total. The van der Waals surface area contributed by atoms with E-state index in [2.05, 4.69) is 15.1 Å². The first-order chi connectivity index (χ1) is 8.58. The lowest BCUT2D eigenvalue weighted by molar-refractivity contribution is -0.133. The summed E-state index contributed by atoms with van der Waals surface area (Å²) < 4.78 is 1.53. The number of nitrogens with zero attached hydrogens (tertiary/aromatic N) is 4. The maximum absolute atomic E-state index is 10.5. The average molecular weight is 285 g/mol. The first kappa shape index (κ1) is 12.8. The van der Waals surface area contributed by atoms with E-state index in [9.17, 15) is 4.79 Å². The Labute approximate surface area is 112 Å². The largest absolute Gasteiger partial charge is 0.481 e. The van der Waals surface area contributed by atoms with Crippen molar-refractivity contribution in [2.24, 2.45) is 7.05 Å². The molecule has 94 valence electrons. The average Bonchev–Trinajstić information content (AvgIpc) is 2.68. The van der Waals surface area contributed by atoms with Gasteiger partial charge in [0.15, 0.2) is 11.0 Å². The molecule has 0 aliphatic heterocycles. The second-order valence-electron chi connectivity index (χ2n) is 3.38. The van der Waals surface area contributed by atoms with Gasteiger partial charge >= 0.3 is 5.97 Å². The highest BCUT2D eigenvalue weighted by Crippen LogP contribution is 2.26. The van der Waals surface area contributed by atoms with Crippen molar-refractivity contribution < 1.29 is 9.90 Å². The van der Waals surface area contributed by atoms with Crippen LogP contribution >= 0.6 is 23.4 Å². The summed E-state index contributed by atoms with van der Waals surface area (Å²) in [7, 11) is 1.70. The fourth-order valence-electron chi connectivity index (χ4n) is 1.29. The molecule has 0 radical (unpaired) electrons. The molecule has 2 heterocycles. The summed E-state index contributed by atoms with van der Waals surface area (Å²) in [4.78, 5) is 18.6. The quantitative estimate of drug-likeness (QED) is 0.861. The minimum absolute atomic E-state index is 0.0595. The molecule has 0 aliphatic rings. The Kier molecular flexibility index (Phi) is 3.83. The van der Waals surface area contributed by atoms with Gasteiger partial charge in [0.1, 0.15) is 0 Å². The van der Waals surface area contributed by atoms with Crippen molar-refractivity contribution >= 4 is 29.3 Å². The lowest BCUT2D eigenvalue weighted by Gasteiger charge is -1.96. The summed E-state index contributed by atoms with van der Waals surface area (Å²) in [5.74, 6) is -0.500. The fraction of sp³-hybridized carbons (Fsp3) is 0.200. The topological polar surface area (TPSA) is 80.9 Å². The zero-order valence-corrected chi connectivity index (χ0v) is 10.9. The second-order valence-corrected chi connectivity index (χ2v) is 4.73. The van der Waals surface area contributed by atoms with Crippen LogP contribution in [0.4, 0.5) is 0 Å². The normalized spacial score (nSPS) is 10.6. The fourth-order valence-corrected chi connectivity index (χ4v) is 2.13. The van der Waals surface area contributed by atoms with Crippen LogP contribution in [0.2, 0.25) is 5.02 Å². The molecular weight excluding hydrogens is 276 g/mol. The molecule has 2 aromatic heterocycles. The van der Waals surface area contributed by atoms with Crippen molar-refractivity contribution in [3.63, 3.8) is 0 Å². The summed E-state index contributed by atoms with van der Waals surface area (Å²) >= 11 is 7.10. The summed E-state index contributed by atoms with van der Waals surface area (Å²) in [6.07, 6.45) is 3.11. The number of hydrogen-bond donors (Lipinski definition) is 1. The van der Waals surface area contributed by atoms with Crippen LogP contribution in [0.1, 0.15) is 0 Å². The Morgan fingerprint density at radius 2 is 2.39 bits per heavy atom. The second kappa shape index (κ2) is 5.36. The zero-order chi connectivity index (χ0) is 13.1. The summed E-state index contributed by atoms with van der Waals surface area (Å²) in [5.41, 5.74) is 0.671. The molecule has 6 nitrogen and oxygen atoms in total. The van der Waals surface area contributed by atoms with Crippen molar-refractivity contribution in [3.05, 3.63) is 23.5 Å². The minimum Gasteiger partial charge on any atom is -0.481 e. The van der Waals surface area contributed by atoms with E-state index in [1.165, 1.54) is 10.9 Å². The number of rotatable bonds is 4. The maximum Gasteiger partial charge on any atom is 0.313 e. The Morgan fingerprint density at radius 1 is 1.61 bits per heavy atom. The number of pyridine rings is 1. The van der Waals surface area contributed by atoms with E-state index in [4.69, 9.17) is 16.7 Å². The zero-order valence-electron chi connectivity index (χ0n) is 9.37. The molecule has 2 aromatic rings. The predicted octanol–water partition coefficient (Wildman–Crippen LogP) is 1.71. The Bertz CT molecular complexity index is 587. The molecule has 18 heavy (non-hydrogen) atoms. The highest BCUT2D eigenvalue weighted by molar-refractivity contribution is 7.99. The number of hydrogen-bond acceptors (Lipinski definition) is 5. The molecular formula is C10H9ClN4O2S. The van der Waals surface area contributed by atoms with Crippen LogP contribution in [0, 0.1) is 0 Å². The SMILES string of the molecule is Cn1nc(-c2ccncc2Cl)nc1SCC(=O)O. The van der Waals surface area contributed by atoms with Gasteiger partial charge in [-0.25, -0.2) is 9.67 Å². The number of halogens is 1. The first-order valence-electron chi connectivity index (χ1n) is 4.93. The first-order valence-corrected chi connectivity index (χ1v) is 6.30. The van der Waals surface area contributed by atoms with Crippen LogP contribution in [-0.2, 0) is 11.8 Å². The van der Waals surface area contributed by atoms with Crippen molar-refractivity contribution in [1.82, 2.24) is 19.7 Å². The maximum atomic E-state index is 10.5. The molecule has 0 aliphatic carbocycles. The molecule has 0 saturated carbocycles. The number of carboxylic acid groups (broad SMARTS) is 1. The monoisotopic (exact) mass is 284 g/mol. The van der Waals surface area contributed by atoms with Gasteiger partial charge in [-0.3, -0.25) is 9.78 Å². The molecule has 0 atom stereocenters. The number of carbonyl (C=O) groups is 1. The summed E-state index contributed by atoms with van der Waals surface area (Å²) in [6, 6.07) is 1.71. The van der Waals surface area contributed by atoms with Gasteiger partial charge < -0.3 is 5.11 Å². The van der Waals surface area contributed by atoms with Crippen molar-refractivity contribution in [3.8, 4) is 11.4 Å². The standard InChI is InChI=1S/C10H9ClN4O2S/c1-15-10(18-5-8(16)17)13-9(14-15)6-2-3-12-4-7(6)11/h2-4H,5H2,1H3,(H,16,17). The lowest BCUT2D eigenvalue weighted by Crippen LogP contribution is -2.00. The van der Waals surface area contributed by atoms with E-state index in [0.717, 1.165) is 11.8 Å².